The maximum atomic E-state index is 6.23. The molecule has 0 N–H and O–H groups in total. The quantitative estimate of drug-likeness (QED) is 0.473. The van der Waals surface area contributed by atoms with Gasteiger partial charge < -0.3 is 0 Å². The molecule has 118 valence electrons. The van der Waals surface area contributed by atoms with Gasteiger partial charge in [0.2, 0.25) is 0 Å². The Balaban J connectivity index is 1.99. The zero-order chi connectivity index (χ0) is 15.4. The van der Waals surface area contributed by atoms with Crippen LogP contribution in [0.5, 0.6) is 0 Å². The molecule has 1 fully saturated rings. The van der Waals surface area contributed by atoms with Gasteiger partial charge in [-0.05, 0) is 61.3 Å². The molecule has 1 saturated carbocycles. The van der Waals surface area contributed by atoms with Crippen LogP contribution < -0.4 is 0 Å². The molecule has 0 amide bonds. The molecular weight excluding hydrogens is 344 g/mol. The normalized spacial score (nSPS) is 24.0. The SMILES string of the molecule is CCCCC1CCC(C(Br)c2cc(C)c(Cl)cc2C)CC1. The van der Waals surface area contributed by atoms with Crippen molar-refractivity contribution in [2.75, 3.05) is 0 Å². The molecule has 0 aromatic heterocycles. The van der Waals surface area contributed by atoms with Crippen LogP contribution in [0, 0.1) is 25.7 Å². The Bertz CT molecular complexity index is 461. The molecule has 0 bridgehead atoms. The molecule has 2 heteroatoms. The van der Waals surface area contributed by atoms with Crippen LogP contribution in [0.2, 0.25) is 5.02 Å². The monoisotopic (exact) mass is 370 g/mol. The summed E-state index contributed by atoms with van der Waals surface area (Å²) in [6, 6.07) is 4.40. The smallest absolute Gasteiger partial charge is 0.0438 e. The largest absolute Gasteiger partial charge is 0.0840 e. The van der Waals surface area contributed by atoms with Crippen LogP contribution in [0.15, 0.2) is 12.1 Å². The zero-order valence-corrected chi connectivity index (χ0v) is 15.9. The first-order chi connectivity index (χ1) is 10.0. The topological polar surface area (TPSA) is 0 Å². The van der Waals surface area contributed by atoms with Crippen molar-refractivity contribution in [2.24, 2.45) is 11.8 Å². The van der Waals surface area contributed by atoms with E-state index in [2.05, 4.69) is 48.8 Å². The lowest BCUT2D eigenvalue weighted by Gasteiger charge is -2.32. The average molecular weight is 372 g/mol. The van der Waals surface area contributed by atoms with Gasteiger partial charge in [0.1, 0.15) is 0 Å². The molecule has 0 saturated heterocycles. The van der Waals surface area contributed by atoms with Gasteiger partial charge in [0.05, 0.1) is 0 Å². The first kappa shape index (κ1) is 17.3. The fourth-order valence-electron chi connectivity index (χ4n) is 3.62. The second-order valence-electron chi connectivity index (χ2n) is 6.78. The van der Waals surface area contributed by atoms with Crippen molar-refractivity contribution in [2.45, 2.75) is 70.5 Å². The van der Waals surface area contributed by atoms with Gasteiger partial charge in [0, 0.05) is 9.85 Å². The summed E-state index contributed by atoms with van der Waals surface area (Å²) in [5.74, 6) is 1.76. The third kappa shape index (κ3) is 4.48. The summed E-state index contributed by atoms with van der Waals surface area (Å²) in [5.41, 5.74) is 3.95. The zero-order valence-electron chi connectivity index (χ0n) is 13.6. The molecule has 1 atom stereocenters. The van der Waals surface area contributed by atoms with Gasteiger partial charge in [-0.3, -0.25) is 0 Å². The highest BCUT2D eigenvalue weighted by molar-refractivity contribution is 9.09. The van der Waals surface area contributed by atoms with E-state index < -0.39 is 0 Å². The predicted octanol–water partition coefficient (Wildman–Crippen LogP) is 7.39. The minimum Gasteiger partial charge on any atom is -0.0840 e. The summed E-state index contributed by atoms with van der Waals surface area (Å²) in [7, 11) is 0. The molecule has 1 aromatic rings. The van der Waals surface area contributed by atoms with E-state index in [9.17, 15) is 0 Å². The summed E-state index contributed by atoms with van der Waals surface area (Å²) >= 11 is 10.2. The van der Waals surface area contributed by atoms with E-state index in [-0.39, 0.29) is 0 Å². The number of benzene rings is 1. The van der Waals surface area contributed by atoms with Crippen molar-refractivity contribution >= 4 is 27.5 Å². The first-order valence-electron chi connectivity index (χ1n) is 8.43. The standard InChI is InChI=1S/C19H28BrCl/c1-4-5-6-15-7-9-16(10-8-15)19(20)17-11-14(3)18(21)12-13(17)2/h11-12,15-16,19H,4-10H2,1-3H3. The summed E-state index contributed by atoms with van der Waals surface area (Å²) in [5, 5.41) is 0.888. The molecule has 1 aliphatic rings. The second-order valence-corrected chi connectivity index (χ2v) is 8.18. The third-order valence-corrected chi connectivity index (χ3v) is 6.76. The predicted molar refractivity (Wildman–Crippen MR) is 97.6 cm³/mol. The minimum absolute atomic E-state index is 0.487. The molecule has 0 heterocycles. The summed E-state index contributed by atoms with van der Waals surface area (Å²) in [6.07, 6.45) is 9.75. The maximum Gasteiger partial charge on any atom is 0.0438 e. The van der Waals surface area contributed by atoms with Crippen LogP contribution in [0.3, 0.4) is 0 Å². The number of rotatable bonds is 5. The van der Waals surface area contributed by atoms with E-state index in [0.29, 0.717) is 4.83 Å². The molecule has 2 rings (SSSR count). The maximum absolute atomic E-state index is 6.23. The number of halogens is 2. The Kier molecular flexibility index (Phi) is 6.62. The van der Waals surface area contributed by atoms with E-state index in [1.165, 1.54) is 61.6 Å². The molecule has 0 nitrogen and oxygen atoms in total. The van der Waals surface area contributed by atoms with Gasteiger partial charge in [-0.2, -0.15) is 0 Å². The van der Waals surface area contributed by atoms with Crippen molar-refractivity contribution < 1.29 is 0 Å². The van der Waals surface area contributed by atoms with Crippen molar-refractivity contribution in [3.05, 3.63) is 33.8 Å². The Morgan fingerprint density at radius 2 is 1.81 bits per heavy atom. The number of unbranched alkanes of at least 4 members (excludes halogenated alkanes) is 1. The summed E-state index contributed by atoms with van der Waals surface area (Å²) in [4.78, 5) is 0.487. The van der Waals surface area contributed by atoms with Gasteiger partial charge in [-0.15, -0.1) is 0 Å². The lowest BCUT2D eigenvalue weighted by Crippen LogP contribution is -2.18. The lowest BCUT2D eigenvalue weighted by molar-refractivity contribution is 0.257. The summed E-state index contributed by atoms with van der Waals surface area (Å²) in [6.45, 7) is 6.58. The van der Waals surface area contributed by atoms with Crippen molar-refractivity contribution in [1.82, 2.24) is 0 Å². The van der Waals surface area contributed by atoms with Crippen molar-refractivity contribution in [3.8, 4) is 0 Å². The molecule has 1 unspecified atom stereocenters. The molecule has 1 aliphatic carbocycles. The van der Waals surface area contributed by atoms with E-state index in [1.807, 2.05) is 0 Å². The fraction of sp³-hybridized carbons (Fsp3) is 0.684. The number of aryl methyl sites for hydroxylation is 2. The van der Waals surface area contributed by atoms with Crippen LogP contribution in [0.4, 0.5) is 0 Å². The van der Waals surface area contributed by atoms with Crippen molar-refractivity contribution in [1.29, 1.82) is 0 Å². The highest BCUT2D eigenvalue weighted by Crippen LogP contribution is 2.44. The third-order valence-electron chi connectivity index (χ3n) is 5.12. The fourth-order valence-corrected chi connectivity index (χ4v) is 4.86. The molecular formula is C19H28BrCl. The molecule has 21 heavy (non-hydrogen) atoms. The van der Waals surface area contributed by atoms with E-state index in [0.717, 1.165) is 16.9 Å². The van der Waals surface area contributed by atoms with Gasteiger partial charge in [0.25, 0.3) is 0 Å². The highest BCUT2D eigenvalue weighted by atomic mass is 79.9. The Morgan fingerprint density at radius 3 is 2.43 bits per heavy atom. The van der Waals surface area contributed by atoms with Crippen LogP contribution in [-0.4, -0.2) is 0 Å². The first-order valence-corrected chi connectivity index (χ1v) is 9.73. The van der Waals surface area contributed by atoms with Gasteiger partial charge in [-0.1, -0.05) is 72.6 Å². The van der Waals surface area contributed by atoms with E-state index >= 15 is 0 Å². The number of hydrogen-bond donors (Lipinski definition) is 0. The Hall–Kier alpha value is -0.0100. The molecule has 0 radical (unpaired) electrons. The van der Waals surface area contributed by atoms with Gasteiger partial charge in [-0.25, -0.2) is 0 Å². The van der Waals surface area contributed by atoms with Crippen LogP contribution in [-0.2, 0) is 0 Å². The molecule has 0 spiro atoms. The Morgan fingerprint density at radius 1 is 1.14 bits per heavy atom. The van der Waals surface area contributed by atoms with Crippen molar-refractivity contribution in [3.63, 3.8) is 0 Å². The lowest BCUT2D eigenvalue weighted by atomic mass is 9.77. The second kappa shape index (κ2) is 8.02. The average Bonchev–Trinajstić information content (AvgIpc) is 2.48. The van der Waals surface area contributed by atoms with E-state index in [1.54, 1.807) is 0 Å². The van der Waals surface area contributed by atoms with Crippen LogP contribution in [0.25, 0.3) is 0 Å². The van der Waals surface area contributed by atoms with E-state index in [4.69, 9.17) is 11.6 Å². The van der Waals surface area contributed by atoms with Gasteiger partial charge in [0.15, 0.2) is 0 Å². The Labute approximate surface area is 143 Å². The number of hydrogen-bond acceptors (Lipinski definition) is 0. The van der Waals surface area contributed by atoms with Gasteiger partial charge >= 0.3 is 0 Å². The minimum atomic E-state index is 0.487. The van der Waals surface area contributed by atoms with Crippen LogP contribution in [0.1, 0.15) is 73.4 Å². The molecule has 0 aliphatic heterocycles. The summed E-state index contributed by atoms with van der Waals surface area (Å²) < 4.78 is 0. The van der Waals surface area contributed by atoms with Crippen LogP contribution >= 0.6 is 27.5 Å². The molecule has 1 aromatic carbocycles. The highest BCUT2D eigenvalue weighted by Gasteiger charge is 2.27. The number of alkyl halides is 1.